The van der Waals surface area contributed by atoms with E-state index in [4.69, 9.17) is 28.9 Å². The minimum absolute atomic E-state index is 0.0884. The third-order valence-electron chi connectivity index (χ3n) is 5.00. The second-order valence-electron chi connectivity index (χ2n) is 7.52. The van der Waals surface area contributed by atoms with Crippen molar-refractivity contribution in [1.82, 2.24) is 29.1 Å². The largest absolute Gasteiger partial charge is 0.416 e. The molecule has 0 fully saturated rings. The maximum absolute atomic E-state index is 13.0. The third-order valence-corrected chi connectivity index (χ3v) is 5.57. The molecule has 0 bridgehead atoms. The highest BCUT2D eigenvalue weighted by Gasteiger charge is 2.39. The number of aliphatic hydroxyl groups is 1. The Morgan fingerprint density at radius 2 is 1.75 bits per heavy atom. The monoisotopic (exact) mass is 541 g/mol. The van der Waals surface area contributed by atoms with Gasteiger partial charge in [0.05, 0.1) is 17.3 Å². The predicted octanol–water partition coefficient (Wildman–Crippen LogP) is 2.67. The van der Waals surface area contributed by atoms with Crippen molar-refractivity contribution in [3.63, 3.8) is 0 Å². The van der Waals surface area contributed by atoms with Gasteiger partial charge in [0.2, 0.25) is 5.82 Å². The zero-order valence-electron chi connectivity index (χ0n) is 18.0. The molecular weight excluding hydrogens is 526 g/mol. The van der Waals surface area contributed by atoms with Crippen LogP contribution < -0.4 is 11.4 Å². The Hall–Kier alpha value is -3.68. The number of carbonyl (C=O) groups is 1. The summed E-state index contributed by atoms with van der Waals surface area (Å²) in [5.74, 6) is -1.45. The van der Waals surface area contributed by atoms with Crippen LogP contribution in [0.1, 0.15) is 16.4 Å². The number of benzene rings is 2. The van der Waals surface area contributed by atoms with Crippen LogP contribution in [0.15, 0.2) is 53.3 Å². The average Bonchev–Trinajstić information content (AvgIpc) is 3.36. The minimum Gasteiger partial charge on any atom is -0.382 e. The first-order chi connectivity index (χ1) is 17.0. The van der Waals surface area contributed by atoms with E-state index in [1.54, 1.807) is 24.3 Å². The number of hydrogen-bond donors (Lipinski definition) is 2. The fourth-order valence-electron chi connectivity index (χ4n) is 3.30. The smallest absolute Gasteiger partial charge is 0.382 e. The van der Waals surface area contributed by atoms with E-state index in [1.807, 2.05) is 0 Å². The second kappa shape index (κ2) is 9.76. The van der Waals surface area contributed by atoms with E-state index in [9.17, 15) is 27.9 Å². The van der Waals surface area contributed by atoms with Gasteiger partial charge in [-0.25, -0.2) is 19.1 Å². The number of aromatic nitrogens is 6. The lowest BCUT2D eigenvalue weighted by Gasteiger charge is -2.15. The minimum atomic E-state index is -4.97. The number of hydrogen-bond acceptors (Lipinski definition) is 6. The lowest BCUT2D eigenvalue weighted by atomic mass is 10.2. The van der Waals surface area contributed by atoms with Crippen molar-refractivity contribution in [2.24, 2.45) is 5.73 Å². The lowest BCUT2D eigenvalue weighted by molar-refractivity contribution is -0.207. The van der Waals surface area contributed by atoms with Crippen molar-refractivity contribution >= 4 is 29.1 Å². The quantitative estimate of drug-likeness (QED) is 0.369. The molecule has 188 valence electrons. The average molecular weight is 542 g/mol. The molecule has 0 aliphatic rings. The highest BCUT2D eigenvalue weighted by atomic mass is 35.5. The van der Waals surface area contributed by atoms with E-state index in [-0.39, 0.29) is 28.1 Å². The van der Waals surface area contributed by atoms with Crippen LogP contribution in [-0.2, 0) is 13.1 Å². The van der Waals surface area contributed by atoms with Gasteiger partial charge >= 0.3 is 11.9 Å². The molecular formula is C21H16Cl2F3N7O3. The van der Waals surface area contributed by atoms with Crippen molar-refractivity contribution in [3.05, 3.63) is 80.7 Å². The molecule has 0 aliphatic carbocycles. The Labute approximate surface area is 210 Å². The van der Waals surface area contributed by atoms with Gasteiger partial charge in [-0.3, -0.25) is 9.36 Å². The van der Waals surface area contributed by atoms with Gasteiger partial charge in [-0.2, -0.15) is 13.2 Å². The van der Waals surface area contributed by atoms with E-state index < -0.39 is 37.0 Å². The maximum atomic E-state index is 13.0. The molecule has 3 N–H and O–H groups in total. The first-order valence-electron chi connectivity index (χ1n) is 10.1. The van der Waals surface area contributed by atoms with Crippen molar-refractivity contribution < 1.29 is 23.1 Å². The molecule has 0 saturated heterocycles. The topological polar surface area (TPSA) is 134 Å². The summed E-state index contributed by atoms with van der Waals surface area (Å²) in [5, 5.41) is 18.5. The fourth-order valence-corrected chi connectivity index (χ4v) is 3.65. The number of halogens is 5. The Balaban J connectivity index is 1.78. The van der Waals surface area contributed by atoms with Gasteiger partial charge in [-0.1, -0.05) is 35.3 Å². The molecule has 0 aliphatic heterocycles. The Morgan fingerprint density at radius 1 is 1.08 bits per heavy atom. The summed E-state index contributed by atoms with van der Waals surface area (Å²) in [7, 11) is 0. The fraction of sp³-hybridized carbons (Fsp3) is 0.190. The number of para-hydroxylation sites is 1. The number of amides is 1. The second-order valence-corrected chi connectivity index (χ2v) is 8.36. The number of aliphatic hydroxyl groups excluding tert-OH is 1. The molecule has 0 unspecified atom stereocenters. The molecule has 0 radical (unpaired) electrons. The molecule has 1 atom stereocenters. The number of nitrogens with zero attached hydrogens (tertiary/aromatic N) is 6. The maximum Gasteiger partial charge on any atom is 0.416 e. The summed E-state index contributed by atoms with van der Waals surface area (Å²) >= 11 is 12.1. The molecule has 10 nitrogen and oxygen atoms in total. The number of primary amides is 1. The number of alkyl halides is 3. The molecule has 0 saturated carbocycles. The first-order valence-corrected chi connectivity index (χ1v) is 10.9. The van der Waals surface area contributed by atoms with Crippen LogP contribution >= 0.6 is 23.2 Å². The van der Waals surface area contributed by atoms with E-state index in [1.165, 1.54) is 24.3 Å². The van der Waals surface area contributed by atoms with E-state index in [2.05, 4.69) is 15.2 Å². The summed E-state index contributed by atoms with van der Waals surface area (Å²) in [6.45, 7) is -1.53. The normalized spacial score (nSPS) is 12.6. The van der Waals surface area contributed by atoms with Crippen molar-refractivity contribution in [2.45, 2.75) is 25.4 Å². The summed E-state index contributed by atoms with van der Waals surface area (Å²) in [5.41, 5.74) is 5.00. The zero-order valence-corrected chi connectivity index (χ0v) is 19.5. The zero-order chi connectivity index (χ0) is 26.2. The Morgan fingerprint density at radius 3 is 2.36 bits per heavy atom. The Bertz CT molecular complexity index is 1480. The summed E-state index contributed by atoms with van der Waals surface area (Å²) < 4.78 is 41.7. The number of nitrogens with two attached hydrogens (primary N) is 1. The van der Waals surface area contributed by atoms with Gasteiger partial charge < -0.3 is 10.8 Å². The molecule has 2 aromatic heterocycles. The molecule has 0 spiro atoms. The standard InChI is InChI=1S/C21H16Cl2F3N7O3/c22-12-7-5-11(6-8-12)18-30-32(20(36)31(18)9-15(34)21(24,25)26)10-16-28-19(17(27)35)33(29-16)14-4-2-1-3-13(14)23/h1-8,15,34H,9-10H2,(H2,27,35)/t15-/m1/s1. The summed E-state index contributed by atoms with van der Waals surface area (Å²) in [6, 6.07) is 12.3. The van der Waals surface area contributed by atoms with Gasteiger partial charge in [-0.15, -0.1) is 10.2 Å². The van der Waals surface area contributed by atoms with Crippen molar-refractivity contribution in [1.29, 1.82) is 0 Å². The van der Waals surface area contributed by atoms with Crippen LogP contribution in [0.25, 0.3) is 17.1 Å². The molecule has 4 rings (SSSR count). The van der Waals surface area contributed by atoms with Crippen LogP contribution in [0.4, 0.5) is 13.2 Å². The van der Waals surface area contributed by atoms with Crippen LogP contribution in [0.5, 0.6) is 0 Å². The molecule has 15 heteroatoms. The number of rotatable bonds is 7. The first kappa shape index (κ1) is 25.4. The lowest BCUT2D eigenvalue weighted by Crippen LogP contribution is -2.37. The van der Waals surface area contributed by atoms with Gasteiger partial charge in [0.1, 0.15) is 6.54 Å². The van der Waals surface area contributed by atoms with Gasteiger partial charge in [-0.05, 0) is 36.4 Å². The number of carbonyl (C=O) groups excluding carboxylic acids is 1. The highest BCUT2D eigenvalue weighted by molar-refractivity contribution is 6.32. The van der Waals surface area contributed by atoms with Crippen LogP contribution in [0.3, 0.4) is 0 Å². The van der Waals surface area contributed by atoms with Gasteiger partial charge in [0, 0.05) is 10.6 Å². The SMILES string of the molecule is NC(=O)c1nc(Cn2nc(-c3ccc(Cl)cc3)n(C[C@@H](O)C(F)(F)F)c2=O)nn1-c1ccccc1Cl. The molecule has 36 heavy (non-hydrogen) atoms. The van der Waals surface area contributed by atoms with Gasteiger partial charge in [0.25, 0.3) is 5.91 Å². The van der Waals surface area contributed by atoms with Crippen molar-refractivity contribution in [3.8, 4) is 17.1 Å². The van der Waals surface area contributed by atoms with E-state index >= 15 is 0 Å². The third kappa shape index (κ3) is 5.12. The van der Waals surface area contributed by atoms with Crippen LogP contribution in [-0.4, -0.2) is 52.4 Å². The summed E-state index contributed by atoms with van der Waals surface area (Å²) in [6.07, 6.45) is -7.79. The highest BCUT2D eigenvalue weighted by Crippen LogP contribution is 2.24. The molecule has 4 aromatic rings. The summed E-state index contributed by atoms with van der Waals surface area (Å²) in [4.78, 5) is 29.0. The molecule has 2 aromatic carbocycles. The molecule has 2 heterocycles. The molecule has 1 amide bonds. The van der Waals surface area contributed by atoms with Crippen LogP contribution in [0, 0.1) is 0 Å². The van der Waals surface area contributed by atoms with Crippen LogP contribution in [0.2, 0.25) is 10.0 Å². The van der Waals surface area contributed by atoms with E-state index in [0.717, 1.165) is 9.36 Å². The predicted molar refractivity (Wildman–Crippen MR) is 123 cm³/mol. The Kier molecular flexibility index (Phi) is 6.89. The van der Waals surface area contributed by atoms with E-state index in [0.29, 0.717) is 15.3 Å². The van der Waals surface area contributed by atoms with Crippen molar-refractivity contribution in [2.75, 3.05) is 0 Å². The van der Waals surface area contributed by atoms with Gasteiger partial charge in [0.15, 0.2) is 17.8 Å².